The van der Waals surface area contributed by atoms with Crippen LogP contribution in [0.4, 0.5) is 10.1 Å². The average molecular weight is 316 g/mol. The van der Waals surface area contributed by atoms with Crippen molar-refractivity contribution in [2.75, 3.05) is 0 Å². The van der Waals surface area contributed by atoms with Crippen molar-refractivity contribution in [3.05, 3.63) is 40.0 Å². The highest BCUT2D eigenvalue weighted by atomic mass is 32.2. The van der Waals surface area contributed by atoms with Crippen LogP contribution in [-0.4, -0.2) is 34.0 Å². The summed E-state index contributed by atoms with van der Waals surface area (Å²) >= 11 is 0. The van der Waals surface area contributed by atoms with Gasteiger partial charge in [0.1, 0.15) is 0 Å². The van der Waals surface area contributed by atoms with Gasteiger partial charge in [-0.05, 0) is 19.1 Å². The van der Waals surface area contributed by atoms with Gasteiger partial charge in [0.2, 0.25) is 15.8 Å². The minimum atomic E-state index is -4.10. The number of nitrogens with one attached hydrogen (secondary N) is 2. The number of halogens is 1. The van der Waals surface area contributed by atoms with E-state index >= 15 is 0 Å². The Morgan fingerprint density at radius 2 is 2.19 bits per heavy atom. The first-order chi connectivity index (χ1) is 9.81. The Morgan fingerprint density at radius 3 is 2.76 bits per heavy atom. The summed E-state index contributed by atoms with van der Waals surface area (Å²) in [5.41, 5.74) is -0.926. The molecule has 0 radical (unpaired) electrons. The molecule has 10 nitrogen and oxygen atoms in total. The van der Waals surface area contributed by atoms with Crippen LogP contribution in [0.15, 0.2) is 23.1 Å². The molecule has 0 saturated heterocycles. The largest absolute Gasteiger partial charge is 0.306 e. The number of rotatable bonds is 5. The molecular formula is C9H9FN6O4S. The number of aromatic nitrogens is 4. The van der Waals surface area contributed by atoms with Gasteiger partial charge in [-0.2, -0.15) is 9.60 Å². The normalized spacial score (nSPS) is 13.0. The van der Waals surface area contributed by atoms with E-state index in [9.17, 15) is 22.9 Å². The number of nitro benzene ring substituents is 1. The molecule has 0 aliphatic heterocycles. The van der Waals surface area contributed by atoms with Gasteiger partial charge in [-0.15, -0.1) is 10.2 Å². The molecule has 0 saturated carbocycles. The van der Waals surface area contributed by atoms with Crippen LogP contribution >= 0.6 is 0 Å². The standard InChI is InChI=1S/C9H9FN6O4S/c1-5(9-11-14-15-12-9)13-21(19,20)6-2-3-7(10)8(4-6)16(17)18/h2-5,13H,1H3,(H,11,12,14,15). The smallest absolute Gasteiger partial charge is 0.258 e. The van der Waals surface area contributed by atoms with Crippen molar-refractivity contribution in [1.82, 2.24) is 25.3 Å². The van der Waals surface area contributed by atoms with Gasteiger partial charge in [0, 0.05) is 6.07 Å². The molecule has 0 fully saturated rings. The van der Waals surface area contributed by atoms with Gasteiger partial charge in [-0.3, -0.25) is 10.1 Å². The highest BCUT2D eigenvalue weighted by molar-refractivity contribution is 7.89. The van der Waals surface area contributed by atoms with E-state index in [2.05, 4.69) is 25.3 Å². The van der Waals surface area contributed by atoms with Crippen LogP contribution in [0.25, 0.3) is 0 Å². The molecule has 112 valence electrons. The lowest BCUT2D eigenvalue weighted by molar-refractivity contribution is -0.387. The SMILES string of the molecule is CC(NS(=O)(=O)c1ccc(F)c([N+](=O)[O-])c1)c1nn[nH]n1. The third kappa shape index (κ3) is 3.17. The molecule has 12 heteroatoms. The second kappa shape index (κ2) is 5.49. The monoisotopic (exact) mass is 316 g/mol. The molecule has 1 aromatic carbocycles. The number of hydrogen-bond acceptors (Lipinski definition) is 7. The molecule has 1 unspecified atom stereocenters. The van der Waals surface area contributed by atoms with E-state index in [-0.39, 0.29) is 5.82 Å². The number of sulfonamides is 1. The molecule has 0 amide bonds. The molecule has 2 rings (SSSR count). The molecule has 2 N–H and O–H groups in total. The average Bonchev–Trinajstić information content (AvgIpc) is 2.92. The Hall–Kier alpha value is -2.47. The van der Waals surface area contributed by atoms with Gasteiger partial charge in [-0.25, -0.2) is 13.1 Å². The maximum atomic E-state index is 13.2. The Labute approximate surface area is 117 Å². The van der Waals surface area contributed by atoms with Crippen LogP contribution in [0.2, 0.25) is 0 Å². The summed E-state index contributed by atoms with van der Waals surface area (Å²) in [6.07, 6.45) is 0. The van der Waals surface area contributed by atoms with Gasteiger partial charge in [0.05, 0.1) is 15.9 Å². The molecule has 0 aliphatic carbocycles. The highest BCUT2D eigenvalue weighted by Gasteiger charge is 2.24. The van der Waals surface area contributed by atoms with Crippen molar-refractivity contribution < 1.29 is 17.7 Å². The van der Waals surface area contributed by atoms with Crippen molar-refractivity contribution in [1.29, 1.82) is 0 Å². The van der Waals surface area contributed by atoms with E-state index in [1.165, 1.54) is 6.92 Å². The van der Waals surface area contributed by atoms with E-state index in [4.69, 9.17) is 0 Å². The van der Waals surface area contributed by atoms with E-state index in [1.807, 2.05) is 0 Å². The van der Waals surface area contributed by atoms with Gasteiger partial charge >= 0.3 is 5.69 Å². The topological polar surface area (TPSA) is 144 Å². The minimum Gasteiger partial charge on any atom is -0.258 e. The van der Waals surface area contributed by atoms with Crippen LogP contribution in [0.1, 0.15) is 18.8 Å². The summed E-state index contributed by atoms with van der Waals surface area (Å²) in [5.74, 6) is -1.03. The fourth-order valence-corrected chi connectivity index (χ4v) is 2.73. The lowest BCUT2D eigenvalue weighted by atomic mass is 10.3. The summed E-state index contributed by atoms with van der Waals surface area (Å²) in [6, 6.07) is 1.46. The van der Waals surface area contributed by atoms with Gasteiger partial charge in [0.25, 0.3) is 0 Å². The van der Waals surface area contributed by atoms with Crippen molar-refractivity contribution in [2.24, 2.45) is 0 Å². The van der Waals surface area contributed by atoms with E-state index in [0.29, 0.717) is 12.1 Å². The quantitative estimate of drug-likeness (QED) is 0.595. The number of H-pyrrole nitrogens is 1. The predicted molar refractivity (Wildman–Crippen MR) is 66.0 cm³/mol. The number of aromatic amines is 1. The zero-order valence-corrected chi connectivity index (χ0v) is 11.3. The van der Waals surface area contributed by atoms with Crippen LogP contribution in [0, 0.1) is 15.9 Å². The van der Waals surface area contributed by atoms with Gasteiger partial charge in [0.15, 0.2) is 5.82 Å². The third-order valence-electron chi connectivity index (χ3n) is 2.51. The first kappa shape index (κ1) is 14.9. The first-order valence-corrected chi connectivity index (χ1v) is 6.99. The minimum absolute atomic E-state index is 0.0928. The fraction of sp³-hybridized carbons (Fsp3) is 0.222. The molecule has 0 aliphatic rings. The van der Waals surface area contributed by atoms with E-state index in [0.717, 1.165) is 6.07 Å². The highest BCUT2D eigenvalue weighted by Crippen LogP contribution is 2.22. The summed E-state index contributed by atoms with van der Waals surface area (Å²) in [7, 11) is -4.10. The molecule has 2 aromatic rings. The Bertz CT molecular complexity index is 763. The van der Waals surface area contributed by atoms with Crippen LogP contribution in [0.5, 0.6) is 0 Å². The molecule has 21 heavy (non-hydrogen) atoms. The van der Waals surface area contributed by atoms with E-state index < -0.39 is 37.4 Å². The van der Waals surface area contributed by atoms with Crippen molar-refractivity contribution >= 4 is 15.7 Å². The van der Waals surface area contributed by atoms with Crippen LogP contribution < -0.4 is 4.72 Å². The van der Waals surface area contributed by atoms with Crippen LogP contribution in [0.3, 0.4) is 0 Å². The lowest BCUT2D eigenvalue weighted by Gasteiger charge is -2.10. The van der Waals surface area contributed by atoms with Crippen LogP contribution in [-0.2, 0) is 10.0 Å². The lowest BCUT2D eigenvalue weighted by Crippen LogP contribution is -2.27. The second-order valence-corrected chi connectivity index (χ2v) is 5.70. The maximum Gasteiger partial charge on any atom is 0.306 e. The predicted octanol–water partition coefficient (Wildman–Crippen LogP) is 0.286. The number of nitro groups is 1. The zero-order valence-electron chi connectivity index (χ0n) is 10.5. The van der Waals surface area contributed by atoms with Crippen molar-refractivity contribution in [3.63, 3.8) is 0 Å². The Kier molecular flexibility index (Phi) is 3.90. The molecule has 1 heterocycles. The first-order valence-electron chi connectivity index (χ1n) is 5.51. The number of nitrogens with zero attached hydrogens (tertiary/aromatic N) is 4. The van der Waals surface area contributed by atoms with Crippen molar-refractivity contribution in [3.8, 4) is 0 Å². The molecule has 1 aromatic heterocycles. The molecule has 0 bridgehead atoms. The maximum absolute atomic E-state index is 13.2. The Morgan fingerprint density at radius 1 is 1.48 bits per heavy atom. The van der Waals surface area contributed by atoms with Gasteiger partial charge in [-0.1, -0.05) is 5.21 Å². The number of tetrazole rings is 1. The van der Waals surface area contributed by atoms with Gasteiger partial charge < -0.3 is 0 Å². The summed E-state index contributed by atoms with van der Waals surface area (Å²) in [4.78, 5) is 9.19. The molecule has 1 atom stereocenters. The second-order valence-electron chi connectivity index (χ2n) is 3.98. The van der Waals surface area contributed by atoms with E-state index in [1.54, 1.807) is 0 Å². The summed E-state index contributed by atoms with van der Waals surface area (Å²) in [6.45, 7) is 1.46. The fourth-order valence-electron chi connectivity index (χ4n) is 1.51. The Balaban J connectivity index is 2.32. The zero-order chi connectivity index (χ0) is 15.6. The van der Waals surface area contributed by atoms with Crippen molar-refractivity contribution in [2.45, 2.75) is 17.9 Å². The summed E-state index contributed by atoms with van der Waals surface area (Å²) < 4.78 is 39.6. The molecular weight excluding hydrogens is 307 g/mol. The molecule has 0 spiro atoms. The summed E-state index contributed by atoms with van der Waals surface area (Å²) in [5, 5.41) is 23.3. The number of benzene rings is 1. The third-order valence-corrected chi connectivity index (χ3v) is 4.04. The number of hydrogen-bond donors (Lipinski definition) is 2.